The van der Waals surface area contributed by atoms with E-state index in [-0.39, 0.29) is 5.56 Å². The van der Waals surface area contributed by atoms with Gasteiger partial charge >= 0.3 is 0 Å². The van der Waals surface area contributed by atoms with Crippen LogP contribution in [0.3, 0.4) is 0 Å². The predicted octanol–water partition coefficient (Wildman–Crippen LogP) is 6.30. The quantitative estimate of drug-likeness (QED) is 0.324. The van der Waals surface area contributed by atoms with Crippen molar-refractivity contribution in [2.45, 2.75) is 0 Å². The van der Waals surface area contributed by atoms with E-state index in [2.05, 4.69) is 10.4 Å². The summed E-state index contributed by atoms with van der Waals surface area (Å²) in [5.74, 6) is 0.853. The highest BCUT2D eigenvalue weighted by Gasteiger charge is 2.20. The lowest BCUT2D eigenvalue weighted by molar-refractivity contribution is 0.920. The van der Waals surface area contributed by atoms with Crippen LogP contribution >= 0.6 is 34.5 Å². The number of nitrogens with zero attached hydrogens (tertiary/aromatic N) is 4. The van der Waals surface area contributed by atoms with Crippen molar-refractivity contribution in [1.82, 2.24) is 19.2 Å². The van der Waals surface area contributed by atoms with Crippen molar-refractivity contribution in [1.29, 1.82) is 0 Å². The highest BCUT2D eigenvalue weighted by atomic mass is 35.5. The standard InChI is InChI=1S/C23H13Cl2N5OS/c24-13-5-9-15(10-6-13)26-22-28-30-21(31)20-19(17-3-1-2-4-18(17)32-20)27-23(30)29(22)16-11-7-14(25)8-12-16/h1-12H,(H,26,28). The van der Waals surface area contributed by atoms with Gasteiger partial charge in [0.25, 0.3) is 5.56 Å². The summed E-state index contributed by atoms with van der Waals surface area (Å²) >= 11 is 13.6. The zero-order valence-electron chi connectivity index (χ0n) is 16.3. The monoisotopic (exact) mass is 477 g/mol. The van der Waals surface area contributed by atoms with Crippen molar-refractivity contribution in [3.05, 3.63) is 93.2 Å². The Labute approximate surface area is 195 Å². The zero-order chi connectivity index (χ0) is 21.8. The van der Waals surface area contributed by atoms with Gasteiger partial charge in [-0.25, -0.2) is 9.55 Å². The van der Waals surface area contributed by atoms with E-state index in [1.807, 2.05) is 48.5 Å². The van der Waals surface area contributed by atoms with Crippen LogP contribution in [-0.2, 0) is 0 Å². The summed E-state index contributed by atoms with van der Waals surface area (Å²) in [5, 5.41) is 10.1. The molecule has 0 saturated carbocycles. The van der Waals surface area contributed by atoms with Crippen LogP contribution in [0.1, 0.15) is 0 Å². The topological polar surface area (TPSA) is 64.2 Å². The zero-order valence-corrected chi connectivity index (χ0v) is 18.6. The molecule has 0 fully saturated rings. The van der Waals surface area contributed by atoms with Crippen LogP contribution < -0.4 is 10.9 Å². The van der Waals surface area contributed by atoms with Gasteiger partial charge in [0, 0.05) is 25.8 Å². The van der Waals surface area contributed by atoms with E-state index in [1.165, 1.54) is 15.9 Å². The predicted molar refractivity (Wildman–Crippen MR) is 131 cm³/mol. The van der Waals surface area contributed by atoms with Gasteiger partial charge in [-0.05, 0) is 54.6 Å². The Morgan fingerprint density at radius 3 is 2.31 bits per heavy atom. The second-order valence-corrected chi connectivity index (χ2v) is 9.10. The van der Waals surface area contributed by atoms with Crippen LogP contribution in [0.4, 0.5) is 11.6 Å². The molecule has 9 heteroatoms. The number of hydrogen-bond acceptors (Lipinski definition) is 5. The van der Waals surface area contributed by atoms with Crippen molar-refractivity contribution in [2.24, 2.45) is 0 Å². The van der Waals surface area contributed by atoms with Crippen molar-refractivity contribution in [3.63, 3.8) is 0 Å². The lowest BCUT2D eigenvalue weighted by Gasteiger charge is -2.09. The molecule has 0 bridgehead atoms. The number of halogens is 2. The minimum Gasteiger partial charge on any atom is -0.324 e. The van der Waals surface area contributed by atoms with Crippen molar-refractivity contribution in [3.8, 4) is 5.69 Å². The van der Waals surface area contributed by atoms with Crippen molar-refractivity contribution < 1.29 is 0 Å². The van der Waals surface area contributed by atoms with Gasteiger partial charge in [0.1, 0.15) is 4.70 Å². The maximum absolute atomic E-state index is 13.4. The molecule has 6 rings (SSSR count). The van der Waals surface area contributed by atoms with Gasteiger partial charge in [0.05, 0.1) is 11.2 Å². The van der Waals surface area contributed by atoms with E-state index < -0.39 is 0 Å². The first-order chi connectivity index (χ1) is 15.6. The van der Waals surface area contributed by atoms with E-state index >= 15 is 0 Å². The molecule has 3 heterocycles. The summed E-state index contributed by atoms with van der Waals surface area (Å²) in [6.45, 7) is 0. The molecule has 0 radical (unpaired) electrons. The van der Waals surface area contributed by atoms with Gasteiger partial charge in [-0.1, -0.05) is 41.4 Å². The van der Waals surface area contributed by atoms with Crippen LogP contribution in [0, 0.1) is 0 Å². The molecule has 32 heavy (non-hydrogen) atoms. The third-order valence-corrected chi connectivity index (χ3v) is 6.80. The smallest absolute Gasteiger partial charge is 0.293 e. The second kappa shape index (κ2) is 7.34. The average Bonchev–Trinajstić information content (AvgIpc) is 3.35. The van der Waals surface area contributed by atoms with Crippen LogP contribution in [-0.4, -0.2) is 19.2 Å². The molecule has 6 nitrogen and oxygen atoms in total. The average molecular weight is 478 g/mol. The molecule has 3 aromatic carbocycles. The lowest BCUT2D eigenvalue weighted by atomic mass is 10.2. The Kier molecular flexibility index (Phi) is 4.43. The Bertz CT molecular complexity index is 1680. The van der Waals surface area contributed by atoms with Crippen LogP contribution in [0.15, 0.2) is 77.6 Å². The van der Waals surface area contributed by atoms with Gasteiger partial charge in [0.15, 0.2) is 0 Å². The molecule has 156 valence electrons. The first-order valence-electron chi connectivity index (χ1n) is 9.70. The van der Waals surface area contributed by atoms with Gasteiger partial charge in [0.2, 0.25) is 11.7 Å². The van der Waals surface area contributed by atoms with Crippen LogP contribution in [0.2, 0.25) is 10.0 Å². The van der Waals surface area contributed by atoms with E-state index in [0.717, 1.165) is 21.5 Å². The Hall–Kier alpha value is -3.39. The number of aromatic nitrogens is 4. The highest BCUT2D eigenvalue weighted by Crippen LogP contribution is 2.32. The number of thiophene rings is 1. The summed E-state index contributed by atoms with van der Waals surface area (Å²) in [6.07, 6.45) is 0. The molecule has 0 saturated heterocycles. The molecular weight excluding hydrogens is 465 g/mol. The number of rotatable bonds is 3. The normalized spacial score (nSPS) is 11.6. The lowest BCUT2D eigenvalue weighted by Crippen LogP contribution is -2.15. The molecule has 0 unspecified atom stereocenters. The third-order valence-electron chi connectivity index (χ3n) is 5.15. The van der Waals surface area contributed by atoms with Crippen molar-refractivity contribution >= 4 is 72.3 Å². The second-order valence-electron chi connectivity index (χ2n) is 7.17. The molecule has 0 spiro atoms. The fourth-order valence-electron chi connectivity index (χ4n) is 3.66. The van der Waals surface area contributed by atoms with Crippen LogP contribution in [0.5, 0.6) is 0 Å². The molecule has 0 atom stereocenters. The molecule has 0 aliphatic carbocycles. The van der Waals surface area contributed by atoms with Gasteiger partial charge in [-0.3, -0.25) is 4.79 Å². The number of hydrogen-bond donors (Lipinski definition) is 1. The number of anilines is 2. The summed E-state index contributed by atoms with van der Waals surface area (Å²) < 4.78 is 4.73. The molecule has 0 aliphatic heterocycles. The molecular formula is C23H13Cl2N5OS. The summed E-state index contributed by atoms with van der Waals surface area (Å²) in [4.78, 5) is 18.3. The minimum atomic E-state index is -0.210. The van der Waals surface area contributed by atoms with E-state index in [9.17, 15) is 4.79 Å². The van der Waals surface area contributed by atoms with Gasteiger partial charge in [-0.15, -0.1) is 16.4 Å². The van der Waals surface area contributed by atoms with Gasteiger partial charge in [-0.2, -0.15) is 4.52 Å². The Morgan fingerprint density at radius 2 is 1.56 bits per heavy atom. The number of benzene rings is 3. The van der Waals surface area contributed by atoms with Crippen LogP contribution in [0.25, 0.3) is 31.8 Å². The first-order valence-corrected chi connectivity index (χ1v) is 11.3. The van der Waals surface area contributed by atoms with Gasteiger partial charge < -0.3 is 5.32 Å². The molecule has 0 aliphatic rings. The van der Waals surface area contributed by atoms with E-state index in [0.29, 0.717) is 32.0 Å². The maximum Gasteiger partial charge on any atom is 0.293 e. The molecule has 6 aromatic rings. The largest absolute Gasteiger partial charge is 0.324 e. The SMILES string of the molecule is O=c1c2sc3ccccc3c2nc2n(-c3ccc(Cl)cc3)c(Nc3ccc(Cl)cc3)nn12. The fourth-order valence-corrected chi connectivity index (χ4v) is 4.98. The Morgan fingerprint density at radius 1 is 0.875 bits per heavy atom. The van der Waals surface area contributed by atoms with E-state index in [4.69, 9.17) is 28.2 Å². The Balaban J connectivity index is 1.67. The first kappa shape index (κ1) is 19.3. The van der Waals surface area contributed by atoms with E-state index in [1.54, 1.807) is 28.8 Å². The molecule has 1 N–H and O–H groups in total. The maximum atomic E-state index is 13.4. The third kappa shape index (κ3) is 3.05. The summed E-state index contributed by atoms with van der Waals surface area (Å²) in [7, 11) is 0. The molecule has 0 amide bonds. The number of fused-ring (bicyclic) bond motifs is 4. The fraction of sp³-hybridized carbons (Fsp3) is 0. The number of nitrogens with one attached hydrogen (secondary N) is 1. The summed E-state index contributed by atoms with van der Waals surface area (Å²) in [5.41, 5.74) is 2.01. The summed E-state index contributed by atoms with van der Waals surface area (Å²) in [6, 6.07) is 22.4. The minimum absolute atomic E-state index is 0.210. The molecule has 3 aromatic heterocycles. The van der Waals surface area contributed by atoms with Crippen molar-refractivity contribution in [2.75, 3.05) is 5.32 Å². The highest BCUT2D eigenvalue weighted by molar-refractivity contribution is 7.25.